The van der Waals surface area contributed by atoms with Gasteiger partial charge in [-0.2, -0.15) is 5.26 Å². The van der Waals surface area contributed by atoms with E-state index in [0.29, 0.717) is 6.54 Å². The van der Waals surface area contributed by atoms with Crippen LogP contribution in [0.3, 0.4) is 0 Å². The molecule has 1 fully saturated rings. The van der Waals surface area contributed by atoms with E-state index in [1.54, 1.807) is 18.9 Å². The highest BCUT2D eigenvalue weighted by Crippen LogP contribution is 2.27. The fraction of sp³-hybridized carbons (Fsp3) is 0.867. The lowest BCUT2D eigenvalue weighted by Crippen LogP contribution is -2.55. The van der Waals surface area contributed by atoms with Crippen LogP contribution in [-0.4, -0.2) is 60.9 Å². The number of carbonyl (C=O) groups excluding carboxylic acids is 1. The molecule has 0 heterocycles. The molecule has 2 atom stereocenters. The van der Waals surface area contributed by atoms with Gasteiger partial charge >= 0.3 is 0 Å². The Balaban J connectivity index is 2.55. The number of hydrogen-bond acceptors (Lipinski definition) is 5. The van der Waals surface area contributed by atoms with Gasteiger partial charge in [0.25, 0.3) is 0 Å². The molecule has 1 amide bonds. The summed E-state index contributed by atoms with van der Waals surface area (Å²) in [4.78, 5) is 14.1. The fourth-order valence-electron chi connectivity index (χ4n) is 2.70. The van der Waals surface area contributed by atoms with Crippen LogP contribution in [0.1, 0.15) is 39.0 Å². The Kier molecular flexibility index (Phi) is 7.09. The molecular weight excluding hydrogens is 270 g/mol. The van der Waals surface area contributed by atoms with E-state index in [-0.39, 0.29) is 12.5 Å². The SMILES string of the molecule is COCC(O)CN(C)C(C)C(=O)NC1(C#N)CCCCC1. The van der Waals surface area contributed by atoms with Crippen molar-refractivity contribution in [3.63, 3.8) is 0 Å². The van der Waals surface area contributed by atoms with E-state index < -0.39 is 17.7 Å². The topological polar surface area (TPSA) is 85.6 Å². The summed E-state index contributed by atoms with van der Waals surface area (Å²) in [5, 5.41) is 22.0. The van der Waals surface area contributed by atoms with Gasteiger partial charge in [-0.15, -0.1) is 0 Å². The molecule has 0 aromatic rings. The number of aliphatic hydroxyl groups excluding tert-OH is 1. The normalized spacial score (nSPS) is 20.6. The summed E-state index contributed by atoms with van der Waals surface area (Å²) < 4.78 is 4.88. The lowest BCUT2D eigenvalue weighted by atomic mass is 9.82. The first-order valence-corrected chi connectivity index (χ1v) is 7.54. The third-order valence-corrected chi connectivity index (χ3v) is 4.18. The molecule has 0 aliphatic heterocycles. The molecule has 2 N–H and O–H groups in total. The van der Waals surface area contributed by atoms with E-state index in [1.807, 2.05) is 0 Å². The van der Waals surface area contributed by atoms with Gasteiger partial charge in [-0.3, -0.25) is 9.69 Å². The van der Waals surface area contributed by atoms with Gasteiger partial charge in [-0.1, -0.05) is 19.3 Å². The van der Waals surface area contributed by atoms with Gasteiger partial charge in [-0.25, -0.2) is 0 Å². The van der Waals surface area contributed by atoms with Gasteiger partial charge < -0.3 is 15.2 Å². The molecule has 1 saturated carbocycles. The zero-order chi connectivity index (χ0) is 15.9. The molecule has 6 nitrogen and oxygen atoms in total. The molecule has 6 heteroatoms. The molecule has 0 aromatic heterocycles. The van der Waals surface area contributed by atoms with Crippen molar-refractivity contribution in [1.82, 2.24) is 10.2 Å². The van der Waals surface area contributed by atoms with E-state index in [4.69, 9.17) is 4.74 Å². The number of likely N-dealkylation sites (N-methyl/N-ethyl adjacent to an activating group) is 1. The standard InChI is InChI=1S/C15H27N3O3/c1-12(18(2)9-13(19)10-21-3)14(20)17-15(11-16)7-5-4-6-8-15/h12-13,19H,4-10H2,1-3H3,(H,17,20). The van der Waals surface area contributed by atoms with Crippen LogP contribution in [0.4, 0.5) is 0 Å². The van der Waals surface area contributed by atoms with E-state index in [2.05, 4.69) is 11.4 Å². The number of amides is 1. The monoisotopic (exact) mass is 297 g/mol. The lowest BCUT2D eigenvalue weighted by molar-refractivity contribution is -0.127. The molecule has 1 rings (SSSR count). The van der Waals surface area contributed by atoms with Crippen molar-refractivity contribution in [3.8, 4) is 6.07 Å². The second-order valence-electron chi connectivity index (χ2n) is 5.97. The van der Waals surface area contributed by atoms with Gasteiger partial charge in [0, 0.05) is 13.7 Å². The van der Waals surface area contributed by atoms with Crippen molar-refractivity contribution in [3.05, 3.63) is 0 Å². The third kappa shape index (κ3) is 5.27. The van der Waals surface area contributed by atoms with E-state index in [1.165, 1.54) is 7.11 Å². The van der Waals surface area contributed by atoms with Crippen LogP contribution in [0.15, 0.2) is 0 Å². The molecule has 0 radical (unpaired) electrons. The maximum Gasteiger partial charge on any atom is 0.238 e. The Morgan fingerprint density at radius 2 is 2.10 bits per heavy atom. The minimum atomic E-state index is -0.713. The maximum atomic E-state index is 12.3. The molecule has 2 unspecified atom stereocenters. The third-order valence-electron chi connectivity index (χ3n) is 4.18. The minimum Gasteiger partial charge on any atom is -0.389 e. The zero-order valence-corrected chi connectivity index (χ0v) is 13.3. The number of ether oxygens (including phenoxy) is 1. The number of nitrogens with one attached hydrogen (secondary N) is 1. The van der Waals surface area contributed by atoms with Gasteiger partial charge in [0.2, 0.25) is 5.91 Å². The number of hydrogen-bond donors (Lipinski definition) is 2. The van der Waals surface area contributed by atoms with Gasteiger partial charge in [0.15, 0.2) is 0 Å². The Hall–Kier alpha value is -1.16. The number of aliphatic hydroxyl groups is 1. The van der Waals surface area contributed by atoms with E-state index in [9.17, 15) is 15.2 Å². The number of nitrogens with zero attached hydrogens (tertiary/aromatic N) is 2. The number of nitriles is 1. The summed E-state index contributed by atoms with van der Waals surface area (Å²) in [5.74, 6) is -0.162. The fourth-order valence-corrected chi connectivity index (χ4v) is 2.70. The Labute approximate surface area is 127 Å². The predicted octanol–water partition coefficient (Wildman–Crippen LogP) is 0.657. The Bertz CT molecular complexity index is 375. The van der Waals surface area contributed by atoms with Crippen molar-refractivity contribution in [2.75, 3.05) is 27.3 Å². The van der Waals surface area contributed by atoms with Gasteiger partial charge in [0.1, 0.15) is 5.54 Å². The molecule has 120 valence electrons. The number of rotatable bonds is 7. The highest BCUT2D eigenvalue weighted by Gasteiger charge is 2.35. The van der Waals surface area contributed by atoms with Crippen LogP contribution in [-0.2, 0) is 9.53 Å². The zero-order valence-electron chi connectivity index (χ0n) is 13.3. The summed E-state index contributed by atoms with van der Waals surface area (Å²) in [6.07, 6.45) is 3.89. The van der Waals surface area contributed by atoms with Crippen LogP contribution < -0.4 is 5.32 Å². The largest absolute Gasteiger partial charge is 0.389 e. The molecule has 0 bridgehead atoms. The molecule has 21 heavy (non-hydrogen) atoms. The minimum absolute atomic E-state index is 0.162. The summed E-state index contributed by atoms with van der Waals surface area (Å²) in [7, 11) is 3.31. The van der Waals surface area contributed by atoms with Crippen molar-refractivity contribution in [2.24, 2.45) is 0 Å². The predicted molar refractivity (Wildman–Crippen MR) is 79.5 cm³/mol. The number of carbonyl (C=O) groups is 1. The van der Waals surface area contributed by atoms with Crippen molar-refractivity contribution in [1.29, 1.82) is 5.26 Å². The second kappa shape index (κ2) is 8.32. The van der Waals surface area contributed by atoms with Crippen molar-refractivity contribution >= 4 is 5.91 Å². The molecule has 1 aliphatic carbocycles. The lowest BCUT2D eigenvalue weighted by Gasteiger charge is -2.34. The highest BCUT2D eigenvalue weighted by molar-refractivity contribution is 5.82. The van der Waals surface area contributed by atoms with Crippen LogP contribution in [0.2, 0.25) is 0 Å². The molecule has 0 spiro atoms. The summed E-state index contributed by atoms with van der Waals surface area (Å²) >= 11 is 0. The second-order valence-corrected chi connectivity index (χ2v) is 5.97. The van der Waals surface area contributed by atoms with Gasteiger partial charge in [0.05, 0.1) is 24.8 Å². The summed E-state index contributed by atoms with van der Waals surface area (Å²) in [6.45, 7) is 2.37. The first-order valence-electron chi connectivity index (χ1n) is 7.54. The molecule has 1 aliphatic rings. The van der Waals surface area contributed by atoms with Crippen LogP contribution in [0.25, 0.3) is 0 Å². The van der Waals surface area contributed by atoms with Crippen LogP contribution >= 0.6 is 0 Å². The Morgan fingerprint density at radius 1 is 1.48 bits per heavy atom. The highest BCUT2D eigenvalue weighted by atomic mass is 16.5. The first-order chi connectivity index (χ1) is 9.94. The molecule has 0 saturated heterocycles. The quantitative estimate of drug-likeness (QED) is 0.721. The molecule has 0 aromatic carbocycles. The molecular formula is C15H27N3O3. The van der Waals surface area contributed by atoms with Crippen LogP contribution in [0.5, 0.6) is 0 Å². The summed E-state index contributed by atoms with van der Waals surface area (Å²) in [5.41, 5.74) is -0.713. The average Bonchev–Trinajstić information content (AvgIpc) is 2.47. The van der Waals surface area contributed by atoms with E-state index >= 15 is 0 Å². The first kappa shape index (κ1) is 17.9. The van der Waals surface area contributed by atoms with Crippen molar-refractivity contribution < 1.29 is 14.6 Å². The average molecular weight is 297 g/mol. The van der Waals surface area contributed by atoms with Gasteiger partial charge in [-0.05, 0) is 26.8 Å². The Morgan fingerprint density at radius 3 is 2.62 bits per heavy atom. The van der Waals surface area contributed by atoms with E-state index in [0.717, 1.165) is 32.1 Å². The number of methoxy groups -OCH3 is 1. The maximum absolute atomic E-state index is 12.3. The smallest absolute Gasteiger partial charge is 0.238 e. The van der Waals surface area contributed by atoms with Crippen molar-refractivity contribution in [2.45, 2.75) is 56.7 Å². The summed E-state index contributed by atoms with van der Waals surface area (Å²) in [6, 6.07) is 1.88. The van der Waals surface area contributed by atoms with Crippen LogP contribution in [0, 0.1) is 11.3 Å².